The molecule has 7 heteroatoms. The molecule has 0 radical (unpaired) electrons. The van der Waals surface area contributed by atoms with Gasteiger partial charge in [0.05, 0.1) is 11.3 Å². The molecule has 0 unspecified atom stereocenters. The highest BCUT2D eigenvalue weighted by molar-refractivity contribution is 8.00. The van der Waals surface area contributed by atoms with Crippen LogP contribution >= 0.6 is 11.8 Å². The van der Waals surface area contributed by atoms with E-state index in [9.17, 15) is 13.2 Å². The van der Waals surface area contributed by atoms with Crippen LogP contribution in [0.25, 0.3) is 0 Å². The fraction of sp³-hybridized carbons (Fsp3) is 0.500. The number of nitrogens with zero attached hydrogens (tertiary/aromatic N) is 1. The monoisotopic (exact) mass is 329 g/mol. The van der Waals surface area contributed by atoms with Gasteiger partial charge in [0.15, 0.2) is 0 Å². The van der Waals surface area contributed by atoms with E-state index in [1.807, 2.05) is 13.8 Å². The number of rotatable bonds is 4. The first-order valence-corrected chi connectivity index (χ1v) is 9.08. The summed E-state index contributed by atoms with van der Waals surface area (Å²) in [6, 6.07) is 6.10. The number of thioether (sulfide) groups is 1. The summed E-state index contributed by atoms with van der Waals surface area (Å²) >= 11 is 1.77. The number of hydrogen-bond donors (Lipinski definition) is 1. The molecule has 2 rings (SSSR count). The van der Waals surface area contributed by atoms with Gasteiger partial charge in [-0.2, -0.15) is 16.1 Å². The molecule has 0 bridgehead atoms. The van der Waals surface area contributed by atoms with Crippen molar-refractivity contribution < 1.29 is 18.3 Å². The van der Waals surface area contributed by atoms with E-state index >= 15 is 0 Å². The van der Waals surface area contributed by atoms with Gasteiger partial charge < -0.3 is 5.11 Å². The topological polar surface area (TPSA) is 74.7 Å². The highest BCUT2D eigenvalue weighted by Gasteiger charge is 2.34. The Labute approximate surface area is 129 Å². The molecule has 0 aromatic heterocycles. The molecule has 1 fully saturated rings. The van der Waals surface area contributed by atoms with Crippen molar-refractivity contribution >= 4 is 27.8 Å². The summed E-state index contributed by atoms with van der Waals surface area (Å²) in [6.07, 6.45) is -0.103. The molecule has 1 aliphatic heterocycles. The molecule has 0 atom stereocenters. The second-order valence-electron chi connectivity index (χ2n) is 5.66. The Bertz CT molecular complexity index is 623. The molecule has 1 N–H and O–H groups in total. The third-order valence-corrected chi connectivity index (χ3v) is 6.46. The van der Waals surface area contributed by atoms with Crippen LogP contribution in [0.2, 0.25) is 0 Å². The van der Waals surface area contributed by atoms with Gasteiger partial charge in [-0.1, -0.05) is 12.1 Å². The van der Waals surface area contributed by atoms with Crippen molar-refractivity contribution in [2.24, 2.45) is 0 Å². The molecule has 0 amide bonds. The lowest BCUT2D eigenvalue weighted by Crippen LogP contribution is -2.46. The number of carboxylic acids is 1. The van der Waals surface area contributed by atoms with Crippen molar-refractivity contribution in [3.8, 4) is 0 Å². The van der Waals surface area contributed by atoms with Crippen LogP contribution in [0.1, 0.15) is 19.4 Å². The Morgan fingerprint density at radius 1 is 1.33 bits per heavy atom. The van der Waals surface area contributed by atoms with Crippen LogP contribution in [0, 0.1) is 0 Å². The standard InChI is InChI=1S/C14H19NO4S2/c1-14(2)10-15(7-8-20-14)21(18,19)12-5-3-11(4-6-12)9-13(16)17/h3-6H,7-10H2,1-2H3,(H,16,17). The smallest absolute Gasteiger partial charge is 0.307 e. The van der Waals surface area contributed by atoms with Gasteiger partial charge in [0, 0.05) is 23.6 Å². The van der Waals surface area contributed by atoms with Crippen LogP contribution in [-0.2, 0) is 21.2 Å². The zero-order valence-corrected chi connectivity index (χ0v) is 13.7. The van der Waals surface area contributed by atoms with E-state index in [0.29, 0.717) is 18.7 Å². The minimum Gasteiger partial charge on any atom is -0.481 e. The van der Waals surface area contributed by atoms with E-state index in [4.69, 9.17) is 5.11 Å². The van der Waals surface area contributed by atoms with Crippen LogP contribution in [0.3, 0.4) is 0 Å². The van der Waals surface area contributed by atoms with Crippen molar-refractivity contribution in [3.63, 3.8) is 0 Å². The largest absolute Gasteiger partial charge is 0.481 e. The number of carboxylic acid groups (broad SMARTS) is 1. The zero-order chi connectivity index (χ0) is 15.7. The molecule has 1 aromatic rings. The zero-order valence-electron chi connectivity index (χ0n) is 12.1. The Kier molecular flexibility index (Phi) is 4.65. The molecule has 0 aliphatic carbocycles. The summed E-state index contributed by atoms with van der Waals surface area (Å²) in [4.78, 5) is 10.9. The van der Waals surface area contributed by atoms with Gasteiger partial charge in [-0.05, 0) is 31.5 Å². The van der Waals surface area contributed by atoms with Crippen LogP contribution in [0.15, 0.2) is 29.2 Å². The average molecular weight is 329 g/mol. The van der Waals surface area contributed by atoms with Gasteiger partial charge in [-0.25, -0.2) is 8.42 Å². The molecule has 0 saturated carbocycles. The molecular weight excluding hydrogens is 310 g/mol. The van der Waals surface area contributed by atoms with Crippen molar-refractivity contribution in [2.45, 2.75) is 29.9 Å². The number of aliphatic carboxylic acids is 1. The predicted octanol–water partition coefficient (Wildman–Crippen LogP) is 1.83. The Morgan fingerprint density at radius 2 is 1.95 bits per heavy atom. The maximum Gasteiger partial charge on any atom is 0.307 e. The second kappa shape index (κ2) is 5.98. The predicted molar refractivity (Wildman–Crippen MR) is 83.1 cm³/mol. The third-order valence-electron chi connectivity index (χ3n) is 3.31. The van der Waals surface area contributed by atoms with Gasteiger partial charge >= 0.3 is 5.97 Å². The highest BCUT2D eigenvalue weighted by atomic mass is 32.2. The lowest BCUT2D eigenvalue weighted by atomic mass is 10.2. The van der Waals surface area contributed by atoms with Gasteiger partial charge in [-0.3, -0.25) is 4.79 Å². The molecule has 21 heavy (non-hydrogen) atoms. The maximum atomic E-state index is 12.6. The maximum absolute atomic E-state index is 12.6. The van der Waals surface area contributed by atoms with Gasteiger partial charge in [-0.15, -0.1) is 0 Å². The Morgan fingerprint density at radius 3 is 2.48 bits per heavy atom. The van der Waals surface area contributed by atoms with Crippen molar-refractivity contribution in [3.05, 3.63) is 29.8 Å². The Balaban J connectivity index is 2.21. The van der Waals surface area contributed by atoms with Crippen LogP contribution in [-0.4, -0.2) is 47.4 Å². The average Bonchev–Trinajstić information content (AvgIpc) is 2.37. The number of sulfonamides is 1. The summed E-state index contributed by atoms with van der Waals surface area (Å²) in [6.45, 7) is 5.06. The van der Waals surface area contributed by atoms with Crippen molar-refractivity contribution in [2.75, 3.05) is 18.8 Å². The SMILES string of the molecule is CC1(C)CN(S(=O)(=O)c2ccc(CC(=O)O)cc2)CCS1. The summed E-state index contributed by atoms with van der Waals surface area (Å²) < 4.78 is 26.6. The van der Waals surface area contributed by atoms with E-state index in [1.165, 1.54) is 16.4 Å². The quantitative estimate of drug-likeness (QED) is 0.912. The van der Waals surface area contributed by atoms with Gasteiger partial charge in [0.25, 0.3) is 0 Å². The minimum atomic E-state index is -3.51. The molecule has 1 heterocycles. The Hall–Kier alpha value is -1.05. The summed E-state index contributed by atoms with van der Waals surface area (Å²) in [5, 5.41) is 8.73. The first-order chi connectivity index (χ1) is 9.71. The second-order valence-corrected chi connectivity index (χ2v) is 9.40. The number of hydrogen-bond acceptors (Lipinski definition) is 4. The molecule has 1 aromatic carbocycles. The van der Waals surface area contributed by atoms with E-state index in [0.717, 1.165) is 5.75 Å². The lowest BCUT2D eigenvalue weighted by molar-refractivity contribution is -0.136. The fourth-order valence-corrected chi connectivity index (χ4v) is 5.19. The summed E-state index contributed by atoms with van der Waals surface area (Å²) in [7, 11) is -3.51. The van der Waals surface area contributed by atoms with E-state index in [1.54, 1.807) is 23.9 Å². The van der Waals surface area contributed by atoms with Crippen LogP contribution < -0.4 is 0 Å². The molecule has 5 nitrogen and oxygen atoms in total. The fourth-order valence-electron chi connectivity index (χ4n) is 2.28. The molecule has 0 spiro atoms. The minimum absolute atomic E-state index is 0.0887. The van der Waals surface area contributed by atoms with Gasteiger partial charge in [0.2, 0.25) is 10.0 Å². The molecule has 1 aliphatic rings. The number of benzene rings is 1. The molecular formula is C14H19NO4S2. The van der Waals surface area contributed by atoms with Crippen molar-refractivity contribution in [1.29, 1.82) is 0 Å². The van der Waals surface area contributed by atoms with Crippen LogP contribution in [0.4, 0.5) is 0 Å². The molecule has 1 saturated heterocycles. The van der Waals surface area contributed by atoms with E-state index in [-0.39, 0.29) is 16.1 Å². The normalized spacial score (nSPS) is 19.3. The first-order valence-electron chi connectivity index (χ1n) is 6.66. The highest BCUT2D eigenvalue weighted by Crippen LogP contribution is 2.32. The summed E-state index contributed by atoms with van der Waals surface area (Å²) in [5.74, 6) is -0.149. The van der Waals surface area contributed by atoms with Crippen molar-refractivity contribution in [1.82, 2.24) is 4.31 Å². The number of carbonyl (C=O) groups is 1. The van der Waals surface area contributed by atoms with E-state index < -0.39 is 16.0 Å². The van der Waals surface area contributed by atoms with Gasteiger partial charge in [0.1, 0.15) is 0 Å². The summed E-state index contributed by atoms with van der Waals surface area (Å²) in [5.41, 5.74) is 0.593. The van der Waals surface area contributed by atoms with E-state index in [2.05, 4.69) is 0 Å². The first kappa shape index (κ1) is 16.3. The van der Waals surface area contributed by atoms with Crippen LogP contribution in [0.5, 0.6) is 0 Å². The molecule has 116 valence electrons. The lowest BCUT2D eigenvalue weighted by Gasteiger charge is -2.36. The third kappa shape index (κ3) is 3.99.